The van der Waals surface area contributed by atoms with Crippen molar-refractivity contribution in [2.75, 3.05) is 42.0 Å². The van der Waals surface area contributed by atoms with Crippen LogP contribution in [-0.4, -0.2) is 98.5 Å². The molecule has 41 heavy (non-hydrogen) atoms. The summed E-state index contributed by atoms with van der Waals surface area (Å²) in [6, 6.07) is 4.92. The van der Waals surface area contributed by atoms with Gasteiger partial charge in [0.05, 0.1) is 4.90 Å². The molecule has 0 heterocycles. The van der Waals surface area contributed by atoms with E-state index in [9.17, 15) is 27.6 Å². The SMILES string of the molecule is CN(C)c1cccc2c(S(=O)(=O)N[C@@H](CS)C(=O)N[C@@H](CS)C(=O)N[C@@H](CS)C(=O)N[C@@H](CS)C(=O)O)cccc12. The molecule has 0 aliphatic carbocycles. The van der Waals surface area contributed by atoms with Crippen LogP contribution in [0.3, 0.4) is 0 Å². The number of hydrogen-bond acceptors (Lipinski definition) is 11. The predicted molar refractivity (Wildman–Crippen MR) is 171 cm³/mol. The van der Waals surface area contributed by atoms with Gasteiger partial charge in [-0.1, -0.05) is 24.3 Å². The van der Waals surface area contributed by atoms with Gasteiger partial charge in [0.2, 0.25) is 27.7 Å². The summed E-state index contributed by atoms with van der Waals surface area (Å²) >= 11 is 16.1. The van der Waals surface area contributed by atoms with Gasteiger partial charge in [-0.05, 0) is 12.1 Å². The molecule has 12 nitrogen and oxygen atoms in total. The van der Waals surface area contributed by atoms with Gasteiger partial charge in [0.15, 0.2) is 0 Å². The number of nitrogens with one attached hydrogen (secondary N) is 4. The largest absolute Gasteiger partial charge is 0.480 e. The minimum atomic E-state index is -4.22. The first-order chi connectivity index (χ1) is 19.3. The first-order valence-corrected chi connectivity index (χ1v) is 16.1. The molecule has 2 rings (SSSR count). The van der Waals surface area contributed by atoms with Gasteiger partial charge in [0, 0.05) is 53.6 Å². The van der Waals surface area contributed by atoms with Crippen LogP contribution in [0.15, 0.2) is 41.3 Å². The lowest BCUT2D eigenvalue weighted by Gasteiger charge is -2.24. The third-order valence-electron chi connectivity index (χ3n) is 5.86. The Morgan fingerprint density at radius 1 is 0.732 bits per heavy atom. The summed E-state index contributed by atoms with van der Waals surface area (Å²) in [7, 11) is -0.546. The molecule has 0 fully saturated rings. The highest BCUT2D eigenvalue weighted by molar-refractivity contribution is 7.89. The second-order valence-corrected chi connectivity index (χ2v) is 12.1. The number of rotatable bonds is 15. The molecule has 2 aromatic carbocycles. The first kappa shape index (κ1) is 34.9. The third kappa shape index (κ3) is 9.09. The Kier molecular flexibility index (Phi) is 13.4. The highest BCUT2D eigenvalue weighted by Gasteiger charge is 2.31. The topological polar surface area (TPSA) is 174 Å². The predicted octanol–water partition coefficient (Wildman–Crippen LogP) is -0.189. The number of nitrogens with zero attached hydrogens (tertiary/aromatic N) is 1. The van der Waals surface area contributed by atoms with Crippen LogP contribution in [0.1, 0.15) is 0 Å². The average molecular weight is 664 g/mol. The number of carboxylic acids is 1. The molecule has 226 valence electrons. The van der Waals surface area contributed by atoms with Crippen LogP contribution < -0.4 is 25.6 Å². The molecule has 5 N–H and O–H groups in total. The van der Waals surface area contributed by atoms with Crippen molar-refractivity contribution in [3.05, 3.63) is 36.4 Å². The Bertz CT molecular complexity index is 1380. The van der Waals surface area contributed by atoms with E-state index in [1.165, 1.54) is 6.07 Å². The normalized spacial score (nSPS) is 14.4. The van der Waals surface area contributed by atoms with Crippen molar-refractivity contribution in [1.29, 1.82) is 0 Å². The lowest BCUT2D eigenvalue weighted by Crippen LogP contribution is -2.59. The number of carboxylic acid groups (broad SMARTS) is 1. The molecule has 0 aromatic heterocycles. The Balaban J connectivity index is 2.19. The summed E-state index contributed by atoms with van der Waals surface area (Å²) in [6.45, 7) is 0. The summed E-state index contributed by atoms with van der Waals surface area (Å²) in [4.78, 5) is 51.3. The van der Waals surface area contributed by atoms with Crippen LogP contribution in [0.25, 0.3) is 10.8 Å². The fourth-order valence-electron chi connectivity index (χ4n) is 3.70. The average Bonchev–Trinajstić information content (AvgIpc) is 2.94. The highest BCUT2D eigenvalue weighted by Crippen LogP contribution is 2.30. The number of carbonyl (C=O) groups is 4. The van der Waals surface area contributed by atoms with E-state index in [4.69, 9.17) is 5.11 Å². The second-order valence-electron chi connectivity index (χ2n) is 8.95. The van der Waals surface area contributed by atoms with E-state index in [0.717, 1.165) is 5.69 Å². The van der Waals surface area contributed by atoms with Crippen LogP contribution >= 0.6 is 50.5 Å². The van der Waals surface area contributed by atoms with Crippen molar-refractivity contribution in [3.8, 4) is 0 Å². The zero-order chi connectivity index (χ0) is 30.9. The molecular formula is C24H33N5O7S5. The number of sulfonamides is 1. The van der Waals surface area contributed by atoms with Crippen LogP contribution in [0, 0.1) is 0 Å². The van der Waals surface area contributed by atoms with Crippen molar-refractivity contribution in [2.45, 2.75) is 29.1 Å². The molecule has 2 aromatic rings. The van der Waals surface area contributed by atoms with Crippen molar-refractivity contribution < 1.29 is 32.7 Å². The first-order valence-electron chi connectivity index (χ1n) is 12.1. The lowest BCUT2D eigenvalue weighted by molar-refractivity contribution is -0.141. The number of thiol groups is 4. The van der Waals surface area contributed by atoms with Crippen LogP contribution in [0.4, 0.5) is 5.69 Å². The number of amides is 3. The van der Waals surface area contributed by atoms with Gasteiger partial charge in [-0.15, -0.1) is 0 Å². The summed E-state index contributed by atoms with van der Waals surface area (Å²) in [5.74, 6) is -4.57. The van der Waals surface area contributed by atoms with E-state index in [1.807, 2.05) is 25.1 Å². The molecule has 0 unspecified atom stereocenters. The zero-order valence-corrected chi connectivity index (χ0v) is 26.5. The van der Waals surface area contributed by atoms with Crippen molar-refractivity contribution in [1.82, 2.24) is 20.7 Å². The summed E-state index contributed by atoms with van der Waals surface area (Å²) in [6.07, 6.45) is 0. The van der Waals surface area contributed by atoms with Gasteiger partial charge in [-0.3, -0.25) is 14.4 Å². The van der Waals surface area contributed by atoms with Crippen molar-refractivity contribution in [3.63, 3.8) is 0 Å². The fourth-order valence-corrected chi connectivity index (χ4v) is 6.26. The molecule has 0 bridgehead atoms. The number of carbonyl (C=O) groups excluding carboxylic acids is 3. The molecule has 0 aliphatic rings. The van der Waals surface area contributed by atoms with Gasteiger partial charge in [-0.2, -0.15) is 55.2 Å². The standard InChI is InChI=1S/C24H33N5O7S5/c1-29(2)19-7-3-6-14-13(19)5-4-8-20(14)41(35,36)28-17(11-39)23(32)26-15(9-37)21(30)25-16(10-38)22(31)27-18(12-40)24(33)34/h3-8,15-18,28,37-40H,9-12H2,1-2H3,(H,25,30)(H,26,32)(H,27,31)(H,33,34)/t15-,16-,17-,18-/m0/s1. The van der Waals surface area contributed by atoms with Gasteiger partial charge in [0.25, 0.3) is 0 Å². The van der Waals surface area contributed by atoms with E-state index in [0.29, 0.717) is 10.8 Å². The Morgan fingerprint density at radius 3 is 1.63 bits per heavy atom. The monoisotopic (exact) mass is 663 g/mol. The molecule has 0 spiro atoms. The van der Waals surface area contributed by atoms with E-state index in [2.05, 4.69) is 71.2 Å². The van der Waals surface area contributed by atoms with E-state index in [1.54, 1.807) is 24.3 Å². The lowest BCUT2D eigenvalue weighted by atomic mass is 10.1. The third-order valence-corrected chi connectivity index (χ3v) is 8.85. The van der Waals surface area contributed by atoms with Gasteiger partial charge in [-0.25, -0.2) is 13.2 Å². The molecule has 4 atom stereocenters. The van der Waals surface area contributed by atoms with Gasteiger partial charge < -0.3 is 26.0 Å². The maximum absolute atomic E-state index is 13.4. The number of benzene rings is 2. The molecule has 0 saturated carbocycles. The van der Waals surface area contributed by atoms with Gasteiger partial charge >= 0.3 is 5.97 Å². The number of fused-ring (bicyclic) bond motifs is 1. The van der Waals surface area contributed by atoms with Crippen molar-refractivity contribution in [2.24, 2.45) is 0 Å². The smallest absolute Gasteiger partial charge is 0.327 e. The van der Waals surface area contributed by atoms with Crippen molar-refractivity contribution >= 4 is 101 Å². The maximum atomic E-state index is 13.4. The van der Waals surface area contributed by atoms with Crippen LogP contribution in [0.5, 0.6) is 0 Å². The maximum Gasteiger partial charge on any atom is 0.327 e. The minimum Gasteiger partial charge on any atom is -0.480 e. The molecule has 3 amide bonds. The van der Waals surface area contributed by atoms with Gasteiger partial charge in [0.1, 0.15) is 24.2 Å². The number of hydrogen-bond donors (Lipinski definition) is 9. The van der Waals surface area contributed by atoms with E-state index < -0.39 is 57.9 Å². The molecular weight excluding hydrogens is 631 g/mol. The Hall–Kier alpha value is -2.31. The summed E-state index contributed by atoms with van der Waals surface area (Å²) in [5.41, 5.74) is 0.808. The van der Waals surface area contributed by atoms with Crippen LogP contribution in [0.2, 0.25) is 0 Å². The van der Waals surface area contributed by atoms with E-state index >= 15 is 0 Å². The molecule has 0 saturated heterocycles. The number of aliphatic carboxylic acids is 1. The quantitative estimate of drug-likeness (QED) is 0.118. The molecule has 0 radical (unpaired) electrons. The molecule has 0 aliphatic heterocycles. The van der Waals surface area contributed by atoms with Crippen LogP contribution in [-0.2, 0) is 29.2 Å². The summed E-state index contributed by atoms with van der Waals surface area (Å²) in [5, 5.41) is 17.3. The summed E-state index contributed by atoms with van der Waals surface area (Å²) < 4.78 is 29.1. The van der Waals surface area contributed by atoms with E-state index in [-0.39, 0.29) is 27.9 Å². The highest BCUT2D eigenvalue weighted by atomic mass is 32.2. The Labute approximate surface area is 260 Å². The minimum absolute atomic E-state index is 0.0368. The number of anilines is 1. The Morgan fingerprint density at radius 2 is 1.17 bits per heavy atom. The fraction of sp³-hybridized carbons (Fsp3) is 0.417. The second kappa shape index (κ2) is 15.8. The zero-order valence-electron chi connectivity index (χ0n) is 22.1. The molecule has 17 heteroatoms.